The van der Waals surface area contributed by atoms with Gasteiger partial charge in [-0.25, -0.2) is 13.5 Å². The first-order valence-electron chi connectivity index (χ1n) is 12.6. The van der Waals surface area contributed by atoms with Gasteiger partial charge in [0.15, 0.2) is 0 Å². The summed E-state index contributed by atoms with van der Waals surface area (Å²) in [5.74, 6) is -0.153. The maximum atomic E-state index is 13.5. The summed E-state index contributed by atoms with van der Waals surface area (Å²) >= 11 is 0. The molecule has 2 atom stereocenters. The van der Waals surface area contributed by atoms with Crippen LogP contribution in [0.25, 0.3) is 17.3 Å². The molecule has 0 bridgehead atoms. The maximum absolute atomic E-state index is 13.5. The number of carbonyl (C=O) groups is 1. The molecule has 1 fully saturated rings. The molecule has 1 aliphatic carbocycles. The number of hydrogen-bond donors (Lipinski definition) is 2. The third-order valence-corrected chi connectivity index (χ3v) is 8.59. The average molecular weight is 496 g/mol. The Morgan fingerprint density at radius 2 is 2.00 bits per heavy atom. The number of nitrogens with one attached hydrogen (secondary N) is 1. The Balaban J connectivity index is 1.84. The topological polar surface area (TPSA) is 82.5 Å². The number of carbonyl (C=O) groups excluding carboxylic acids is 1. The van der Waals surface area contributed by atoms with Gasteiger partial charge in [-0.15, -0.1) is 0 Å². The van der Waals surface area contributed by atoms with Crippen molar-refractivity contribution < 1.29 is 14.1 Å². The van der Waals surface area contributed by atoms with Crippen molar-refractivity contribution in [3.05, 3.63) is 58.8 Å². The number of aromatic nitrogens is 1. The van der Waals surface area contributed by atoms with E-state index >= 15 is 0 Å². The fourth-order valence-corrected chi connectivity index (χ4v) is 6.52. The van der Waals surface area contributed by atoms with E-state index in [0.29, 0.717) is 18.7 Å². The number of aliphatic hydroxyl groups excluding tert-OH is 1. The van der Waals surface area contributed by atoms with Crippen molar-refractivity contribution >= 4 is 23.0 Å². The lowest BCUT2D eigenvalue weighted by molar-refractivity contribution is 0.0933. The van der Waals surface area contributed by atoms with E-state index in [0.717, 1.165) is 53.6 Å². The van der Waals surface area contributed by atoms with Gasteiger partial charge in [-0.3, -0.25) is 4.79 Å². The zero-order chi connectivity index (χ0) is 25.2. The molecule has 7 heteroatoms. The number of allylic oxidation sites excluding steroid dienone is 1. The molecular formula is C28H37N3O3S. The van der Waals surface area contributed by atoms with Crippen molar-refractivity contribution in [3.63, 3.8) is 0 Å². The van der Waals surface area contributed by atoms with E-state index in [1.165, 1.54) is 0 Å². The Kier molecular flexibility index (Phi) is 7.89. The lowest BCUT2D eigenvalue weighted by Gasteiger charge is -2.30. The summed E-state index contributed by atoms with van der Waals surface area (Å²) in [5, 5.41) is 13.1. The van der Waals surface area contributed by atoms with Crippen LogP contribution in [-0.2, 0) is 17.5 Å². The highest BCUT2D eigenvalue weighted by atomic mass is 32.2. The largest absolute Gasteiger partial charge is 0.396 e. The first-order chi connectivity index (χ1) is 16.7. The molecule has 1 aliphatic heterocycles. The van der Waals surface area contributed by atoms with Crippen LogP contribution in [0.5, 0.6) is 0 Å². The van der Waals surface area contributed by atoms with Gasteiger partial charge in [0.05, 0.1) is 16.5 Å². The molecule has 0 spiro atoms. The lowest BCUT2D eigenvalue weighted by atomic mass is 9.95. The number of fused-ring (bicyclic) bond motifs is 1. The minimum atomic E-state index is -1.28. The van der Waals surface area contributed by atoms with Gasteiger partial charge in [-0.2, -0.15) is 0 Å². The molecule has 2 heterocycles. The third kappa shape index (κ3) is 5.57. The van der Waals surface area contributed by atoms with Crippen LogP contribution in [-0.4, -0.2) is 41.9 Å². The summed E-state index contributed by atoms with van der Waals surface area (Å²) in [6.45, 7) is 8.29. The summed E-state index contributed by atoms with van der Waals surface area (Å²) in [6, 6.07) is 9.93. The Labute approximate surface area is 211 Å². The molecule has 0 saturated heterocycles. The Morgan fingerprint density at radius 1 is 1.26 bits per heavy atom. The number of aliphatic hydroxyl groups is 1. The Hall–Kier alpha value is -2.35. The molecule has 4 rings (SSSR count). The monoisotopic (exact) mass is 495 g/mol. The number of amides is 1. The van der Waals surface area contributed by atoms with Crippen LogP contribution in [0.15, 0.2) is 36.4 Å². The van der Waals surface area contributed by atoms with E-state index in [4.69, 9.17) is 4.98 Å². The fraction of sp³-hybridized carbons (Fsp3) is 0.500. The number of pyridine rings is 1. The first kappa shape index (κ1) is 25.7. The van der Waals surface area contributed by atoms with Gasteiger partial charge in [0, 0.05) is 30.3 Å². The van der Waals surface area contributed by atoms with E-state index in [9.17, 15) is 14.1 Å². The van der Waals surface area contributed by atoms with Crippen molar-refractivity contribution in [2.75, 3.05) is 6.61 Å². The van der Waals surface area contributed by atoms with Gasteiger partial charge in [-0.05, 0) is 70.2 Å². The summed E-state index contributed by atoms with van der Waals surface area (Å²) in [5.41, 5.74) is 5.02. The van der Waals surface area contributed by atoms with Crippen molar-refractivity contribution in [1.82, 2.24) is 14.6 Å². The van der Waals surface area contributed by atoms with Gasteiger partial charge < -0.3 is 10.4 Å². The van der Waals surface area contributed by atoms with Crippen LogP contribution < -0.4 is 5.32 Å². The quantitative estimate of drug-likeness (QED) is 0.556. The normalized spacial score (nSPS) is 19.9. The highest BCUT2D eigenvalue weighted by Gasteiger charge is 2.40. The molecule has 35 heavy (non-hydrogen) atoms. The maximum Gasteiger partial charge on any atom is 0.270 e. The molecule has 0 radical (unpaired) electrons. The molecule has 1 aromatic heterocycles. The Bertz CT molecular complexity index is 1130. The predicted octanol–water partition coefficient (Wildman–Crippen LogP) is 5.16. The van der Waals surface area contributed by atoms with Crippen molar-refractivity contribution in [2.24, 2.45) is 0 Å². The molecule has 2 aliphatic rings. The summed E-state index contributed by atoms with van der Waals surface area (Å²) in [7, 11) is -1.28. The molecule has 1 saturated carbocycles. The second-order valence-corrected chi connectivity index (χ2v) is 12.7. The number of benzene rings is 1. The highest BCUT2D eigenvalue weighted by Crippen LogP contribution is 2.44. The van der Waals surface area contributed by atoms with Crippen LogP contribution in [0.1, 0.15) is 93.0 Å². The van der Waals surface area contributed by atoms with Gasteiger partial charge in [0.25, 0.3) is 5.91 Å². The molecule has 0 unspecified atom stereocenters. The van der Waals surface area contributed by atoms with Crippen molar-refractivity contribution in [3.8, 4) is 11.3 Å². The van der Waals surface area contributed by atoms with Gasteiger partial charge >= 0.3 is 0 Å². The molecular weight excluding hydrogens is 458 g/mol. The van der Waals surface area contributed by atoms with Gasteiger partial charge in [0.1, 0.15) is 16.7 Å². The van der Waals surface area contributed by atoms with Gasteiger partial charge in [0.2, 0.25) is 0 Å². The summed E-state index contributed by atoms with van der Waals surface area (Å²) < 4.78 is 15.0. The molecule has 2 aromatic rings. The van der Waals surface area contributed by atoms with Crippen LogP contribution in [0, 0.1) is 0 Å². The first-order valence-corrected chi connectivity index (χ1v) is 13.7. The summed E-state index contributed by atoms with van der Waals surface area (Å²) in [6.07, 6.45) is 8.77. The zero-order valence-electron chi connectivity index (χ0n) is 21.2. The highest BCUT2D eigenvalue weighted by molar-refractivity contribution is 7.84. The van der Waals surface area contributed by atoms with Crippen LogP contribution in [0.3, 0.4) is 0 Å². The lowest BCUT2D eigenvalue weighted by Crippen LogP contribution is -2.36. The zero-order valence-corrected chi connectivity index (χ0v) is 22.0. The molecule has 188 valence electrons. The third-order valence-electron chi connectivity index (χ3n) is 6.73. The average Bonchev–Trinajstić information content (AvgIpc) is 3.46. The second kappa shape index (κ2) is 10.7. The predicted molar refractivity (Wildman–Crippen MR) is 142 cm³/mol. The SMILES string of the molecule is C/C=C/c1cccc(-c2nc(C(=O)NC3CCCC3)cc3c2[C@H](CCO)N([S@@](=O)C(C)(C)C)C3)c1. The van der Waals surface area contributed by atoms with E-state index in [2.05, 4.69) is 11.4 Å². The van der Waals surface area contributed by atoms with Crippen molar-refractivity contribution in [2.45, 2.75) is 83.2 Å². The number of rotatable bonds is 7. The van der Waals surface area contributed by atoms with Crippen LogP contribution in [0.2, 0.25) is 0 Å². The molecule has 2 N–H and O–H groups in total. The summed E-state index contributed by atoms with van der Waals surface area (Å²) in [4.78, 5) is 18.1. The van der Waals surface area contributed by atoms with Crippen LogP contribution >= 0.6 is 0 Å². The molecule has 6 nitrogen and oxygen atoms in total. The number of hydrogen-bond acceptors (Lipinski definition) is 4. The smallest absolute Gasteiger partial charge is 0.270 e. The van der Waals surface area contributed by atoms with Crippen LogP contribution in [0.4, 0.5) is 0 Å². The fourth-order valence-electron chi connectivity index (χ4n) is 5.12. The number of nitrogens with zero attached hydrogens (tertiary/aromatic N) is 2. The van der Waals surface area contributed by atoms with Crippen molar-refractivity contribution in [1.29, 1.82) is 0 Å². The van der Waals surface area contributed by atoms with Gasteiger partial charge in [-0.1, -0.05) is 43.2 Å². The van der Waals surface area contributed by atoms with E-state index in [-0.39, 0.29) is 24.6 Å². The minimum absolute atomic E-state index is 0.0239. The van der Waals surface area contributed by atoms with E-state index < -0.39 is 15.7 Å². The van der Waals surface area contributed by atoms with E-state index in [1.54, 1.807) is 0 Å². The second-order valence-electron chi connectivity index (χ2n) is 10.5. The molecule has 1 amide bonds. The standard InChI is InChI=1S/C28H37N3O3S/c1-5-9-19-10-8-11-20(16-19)26-25-21(17-23(30-26)27(33)29-22-12-6-7-13-22)18-31(24(25)14-15-32)35(34)28(2,3)4/h5,8-11,16-17,22,24,32H,6-7,12-15,18H2,1-4H3,(H,29,33)/b9-5+/t24-,35-/m0/s1. The van der Waals surface area contributed by atoms with E-state index in [1.807, 2.05) is 68.4 Å². The molecule has 1 aromatic carbocycles. The Morgan fingerprint density at radius 3 is 2.66 bits per heavy atom. The minimum Gasteiger partial charge on any atom is -0.396 e.